The van der Waals surface area contributed by atoms with Crippen LogP contribution in [-0.4, -0.2) is 18.0 Å². The molecule has 0 aliphatic heterocycles. The predicted octanol–water partition coefficient (Wildman–Crippen LogP) is 7.54. The van der Waals surface area contributed by atoms with Crippen molar-refractivity contribution < 1.29 is 25.9 Å². The van der Waals surface area contributed by atoms with Crippen molar-refractivity contribution in [2.75, 3.05) is 0 Å². The zero-order valence-electron chi connectivity index (χ0n) is 21.4. The number of hydrogen-bond donors (Lipinski definition) is 0. The zero-order valence-corrected chi connectivity index (χ0v) is 23.8. The van der Waals surface area contributed by atoms with Crippen LogP contribution in [0.25, 0.3) is 44.5 Å². The van der Waals surface area contributed by atoms with E-state index in [4.69, 9.17) is 5.79 Å². The van der Waals surface area contributed by atoms with E-state index in [1.807, 2.05) is 54.6 Å². The van der Waals surface area contributed by atoms with Crippen molar-refractivity contribution in [1.82, 2.24) is 9.97 Å². The molecule has 36 heavy (non-hydrogen) atoms. The Bertz CT molecular complexity index is 1590. The molecule has 6 rings (SSSR count). The van der Waals surface area contributed by atoms with Gasteiger partial charge < -0.3 is 14.4 Å². The van der Waals surface area contributed by atoms with Crippen molar-refractivity contribution in [3.63, 3.8) is 0 Å². The van der Waals surface area contributed by atoms with Gasteiger partial charge in [-0.05, 0) is 28.7 Å². The molecule has 0 saturated carbocycles. The summed E-state index contributed by atoms with van der Waals surface area (Å²) in [6.45, 7) is 6.98. The van der Waals surface area contributed by atoms with E-state index in [0.717, 1.165) is 44.5 Å². The maximum atomic E-state index is 7.84. The zero-order chi connectivity index (χ0) is 25.1. The van der Waals surface area contributed by atoms with Crippen molar-refractivity contribution in [3.05, 3.63) is 115 Å². The molecule has 3 nitrogen and oxygen atoms in total. The van der Waals surface area contributed by atoms with Gasteiger partial charge in [-0.15, -0.1) is 54.1 Å². The first-order chi connectivity index (χ1) is 17.4. The van der Waals surface area contributed by atoms with Gasteiger partial charge in [-0.25, -0.2) is 0 Å². The number of rotatable bonds is 3. The number of benzene rings is 3. The molecule has 6 aromatic rings. The standard InChI is InChI=1S/C20H18NOSi.C11H8N.Ir/c1-23(2,3)18-12-7-9-15-14-8-6-10-16(19(14)22-20(15)18)17-11-4-5-13-21-17;1-2-6-10(7-3-1)11-8-4-5-9-12-11;/h4-9,11-13H,1-3H3;1-6,8-9H;/q2*-1;/i4D;;. The number of fused-ring (bicyclic) bond motifs is 3. The van der Waals surface area contributed by atoms with E-state index in [1.165, 1.54) is 5.19 Å². The molecular formula is C31H26IrN2OSi-2. The van der Waals surface area contributed by atoms with Crippen LogP contribution in [0.3, 0.4) is 0 Å². The molecular weight excluding hydrogens is 637 g/mol. The normalized spacial score (nSPS) is 11.4. The van der Waals surface area contributed by atoms with Gasteiger partial charge >= 0.3 is 0 Å². The molecule has 0 N–H and O–H groups in total. The van der Waals surface area contributed by atoms with E-state index in [2.05, 4.69) is 59.9 Å². The van der Waals surface area contributed by atoms with Crippen LogP contribution in [-0.2, 0) is 20.1 Å². The van der Waals surface area contributed by atoms with Gasteiger partial charge in [0.05, 0.1) is 15.0 Å². The van der Waals surface area contributed by atoms with E-state index in [9.17, 15) is 0 Å². The molecule has 0 spiro atoms. The molecule has 181 valence electrons. The maximum absolute atomic E-state index is 7.84. The van der Waals surface area contributed by atoms with Crippen LogP contribution >= 0.6 is 0 Å². The van der Waals surface area contributed by atoms with Crippen molar-refractivity contribution in [2.45, 2.75) is 19.6 Å². The molecule has 3 aromatic heterocycles. The van der Waals surface area contributed by atoms with Gasteiger partial charge in [0.2, 0.25) is 0 Å². The molecule has 0 aliphatic rings. The molecule has 3 aromatic carbocycles. The van der Waals surface area contributed by atoms with E-state index in [0.29, 0.717) is 6.04 Å². The summed E-state index contributed by atoms with van der Waals surface area (Å²) in [5.41, 5.74) is 5.34. The number of pyridine rings is 2. The molecule has 0 aliphatic carbocycles. The Kier molecular flexibility index (Phi) is 7.52. The fourth-order valence-corrected chi connectivity index (χ4v) is 5.54. The minimum atomic E-state index is -1.52. The molecule has 0 saturated heterocycles. The Labute approximate surface area is 228 Å². The Morgan fingerprint density at radius 1 is 0.722 bits per heavy atom. The van der Waals surface area contributed by atoms with E-state index in [1.54, 1.807) is 24.5 Å². The summed E-state index contributed by atoms with van der Waals surface area (Å²) in [5.74, 6) is 0. The third-order valence-electron chi connectivity index (χ3n) is 5.78. The fourth-order valence-electron chi connectivity index (χ4n) is 4.08. The second-order valence-electron chi connectivity index (χ2n) is 9.26. The first-order valence-corrected chi connectivity index (χ1v) is 15.1. The predicted molar refractivity (Wildman–Crippen MR) is 147 cm³/mol. The second kappa shape index (κ2) is 11.1. The van der Waals surface area contributed by atoms with Gasteiger partial charge in [0.1, 0.15) is 5.58 Å². The molecule has 0 amide bonds. The Morgan fingerprint density at radius 2 is 1.50 bits per heavy atom. The molecule has 0 unspecified atom stereocenters. The molecule has 0 bridgehead atoms. The van der Waals surface area contributed by atoms with E-state index < -0.39 is 8.07 Å². The van der Waals surface area contributed by atoms with Crippen LogP contribution in [0.4, 0.5) is 0 Å². The van der Waals surface area contributed by atoms with Crippen LogP contribution in [0, 0.1) is 12.1 Å². The van der Waals surface area contributed by atoms with Crippen molar-refractivity contribution in [1.29, 1.82) is 0 Å². The van der Waals surface area contributed by atoms with Gasteiger partial charge in [0.15, 0.2) is 0 Å². The van der Waals surface area contributed by atoms with Crippen molar-refractivity contribution >= 4 is 35.2 Å². The number of hydrogen-bond acceptors (Lipinski definition) is 3. The first-order valence-electron chi connectivity index (χ1n) is 12.1. The summed E-state index contributed by atoms with van der Waals surface area (Å²) in [4.78, 5) is 8.62. The average Bonchev–Trinajstić information content (AvgIpc) is 3.28. The minimum absolute atomic E-state index is 0. The van der Waals surface area contributed by atoms with Crippen LogP contribution < -0.4 is 5.19 Å². The van der Waals surface area contributed by atoms with E-state index >= 15 is 0 Å². The van der Waals surface area contributed by atoms with Gasteiger partial charge in [0.25, 0.3) is 0 Å². The largest absolute Gasteiger partial charge is 0.501 e. The van der Waals surface area contributed by atoms with Crippen molar-refractivity contribution in [2.24, 2.45) is 0 Å². The van der Waals surface area contributed by atoms with Gasteiger partial charge in [-0.1, -0.05) is 73.0 Å². The molecule has 0 fully saturated rings. The quantitative estimate of drug-likeness (QED) is 0.145. The van der Waals surface area contributed by atoms with Gasteiger partial charge in [-0.2, -0.15) is 0 Å². The minimum Gasteiger partial charge on any atom is -0.501 e. The summed E-state index contributed by atoms with van der Waals surface area (Å²) in [6.07, 6.45) is 3.44. The summed E-state index contributed by atoms with van der Waals surface area (Å²) in [5, 5.41) is 3.54. The van der Waals surface area contributed by atoms with Gasteiger partial charge in [0, 0.05) is 37.9 Å². The van der Waals surface area contributed by atoms with Crippen LogP contribution in [0.1, 0.15) is 1.37 Å². The first kappa shape index (κ1) is 24.3. The number of nitrogens with zero attached hydrogens (tertiary/aromatic N) is 2. The van der Waals surface area contributed by atoms with Gasteiger partial charge in [-0.3, -0.25) is 0 Å². The van der Waals surface area contributed by atoms with E-state index in [-0.39, 0.29) is 20.1 Å². The van der Waals surface area contributed by atoms with Crippen molar-refractivity contribution in [3.8, 4) is 22.5 Å². The molecule has 5 heteroatoms. The number of furan rings is 1. The summed E-state index contributed by atoms with van der Waals surface area (Å²) in [7, 11) is -1.52. The SMILES string of the molecule is [2H]c1ccnc(-c2[c-]ccc3c2oc2c([Si](C)(C)C)cccc23)c1.[Ir].[c-]1ccccc1-c1ccccn1. The number of para-hydroxylation sites is 1. The average molecular weight is 664 g/mol. The third-order valence-corrected chi connectivity index (χ3v) is 7.79. The summed E-state index contributed by atoms with van der Waals surface area (Å²) < 4.78 is 14.2. The smallest absolute Gasteiger partial charge is 0.120 e. The second-order valence-corrected chi connectivity index (χ2v) is 14.3. The molecule has 0 atom stereocenters. The van der Waals surface area contributed by atoms with Crippen LogP contribution in [0.5, 0.6) is 0 Å². The topological polar surface area (TPSA) is 38.9 Å². The molecule has 3 heterocycles. The Hall–Kier alpha value is -3.37. The monoisotopic (exact) mass is 664 g/mol. The fraction of sp³-hybridized carbons (Fsp3) is 0.0968. The third kappa shape index (κ3) is 5.39. The van der Waals surface area contributed by atoms with Crippen LogP contribution in [0.2, 0.25) is 19.6 Å². The number of aromatic nitrogens is 2. The molecule has 1 radical (unpaired) electrons. The maximum Gasteiger partial charge on any atom is 0.120 e. The Balaban J connectivity index is 0.000000208. The summed E-state index contributed by atoms with van der Waals surface area (Å²) >= 11 is 0. The Morgan fingerprint density at radius 3 is 2.22 bits per heavy atom. The summed E-state index contributed by atoms with van der Waals surface area (Å²) in [6, 6.07) is 34.3. The van der Waals surface area contributed by atoms with Crippen LogP contribution in [0.15, 0.2) is 108 Å².